The fourth-order valence-corrected chi connectivity index (χ4v) is 5.30. The maximum Gasteiger partial charge on any atom is 0.189 e. The minimum absolute atomic E-state index is 0.0717. The fourth-order valence-electron chi connectivity index (χ4n) is 3.91. The van der Waals surface area contributed by atoms with Crippen LogP contribution >= 0.6 is 0 Å². The largest absolute Gasteiger partial charge is 0.396 e. The van der Waals surface area contributed by atoms with Gasteiger partial charge in [-0.05, 0) is 50.1 Å². The summed E-state index contributed by atoms with van der Waals surface area (Å²) in [4.78, 5) is 8.84. The second kappa shape index (κ2) is 12.0. The minimum Gasteiger partial charge on any atom is -0.396 e. The monoisotopic (exact) mass is 557 g/mol. The number of alkyl halides is 1. The van der Waals surface area contributed by atoms with Crippen molar-refractivity contribution in [2.75, 3.05) is 18.9 Å². The Labute approximate surface area is 225 Å². The number of rotatable bonds is 11. The smallest absolute Gasteiger partial charge is 0.189 e. The molecule has 2 aromatic carbocycles. The number of sulfone groups is 1. The molecule has 0 bridgehead atoms. The van der Waals surface area contributed by atoms with Crippen LogP contribution in [0, 0.1) is 5.82 Å². The normalized spacial score (nSPS) is 13.4. The van der Waals surface area contributed by atoms with Crippen LogP contribution in [0.2, 0.25) is 0 Å². The van der Waals surface area contributed by atoms with E-state index in [2.05, 4.69) is 20.4 Å². The number of anilines is 1. The topological polar surface area (TPSA) is 144 Å². The van der Waals surface area contributed by atoms with E-state index < -0.39 is 27.1 Å². The fraction of sp³-hybridized carbons (Fsp3) is 0.296. The molecule has 0 saturated carbocycles. The summed E-state index contributed by atoms with van der Waals surface area (Å²) in [6, 6.07) is 12.3. The third-order valence-electron chi connectivity index (χ3n) is 6.15. The molecule has 0 radical (unpaired) electrons. The first-order chi connectivity index (χ1) is 18.6. The van der Waals surface area contributed by atoms with Crippen LogP contribution in [0.4, 0.5) is 14.6 Å². The molecule has 0 amide bonds. The highest BCUT2D eigenvalue weighted by Gasteiger charge is 2.23. The van der Waals surface area contributed by atoms with E-state index in [1.807, 2.05) is 0 Å². The van der Waals surface area contributed by atoms with Gasteiger partial charge in [0.1, 0.15) is 17.7 Å². The van der Waals surface area contributed by atoms with Gasteiger partial charge < -0.3 is 20.7 Å². The molecule has 39 heavy (non-hydrogen) atoms. The number of aromatic nitrogens is 3. The van der Waals surface area contributed by atoms with Crippen molar-refractivity contribution < 1.29 is 26.8 Å². The van der Waals surface area contributed by atoms with Crippen molar-refractivity contribution in [1.29, 1.82) is 0 Å². The van der Waals surface area contributed by atoms with Gasteiger partial charge in [-0.1, -0.05) is 23.4 Å². The minimum atomic E-state index is -3.58. The highest BCUT2D eigenvalue weighted by Crippen LogP contribution is 2.31. The van der Waals surface area contributed by atoms with Gasteiger partial charge in [-0.3, -0.25) is 0 Å². The molecule has 4 N–H and O–H groups in total. The van der Waals surface area contributed by atoms with Crippen LogP contribution in [0.1, 0.15) is 25.8 Å². The van der Waals surface area contributed by atoms with Crippen LogP contribution in [-0.2, 0) is 16.4 Å². The molecule has 2 aromatic heterocycles. The summed E-state index contributed by atoms with van der Waals surface area (Å²) in [6.07, 6.45) is 0.587. The second-order valence-corrected chi connectivity index (χ2v) is 11.5. The average molecular weight is 558 g/mol. The molecule has 2 heterocycles. The number of nitrogen functional groups attached to an aromatic ring is 1. The van der Waals surface area contributed by atoms with Crippen molar-refractivity contribution in [2.45, 2.75) is 43.1 Å². The van der Waals surface area contributed by atoms with Gasteiger partial charge in [0, 0.05) is 36.9 Å². The van der Waals surface area contributed by atoms with E-state index in [1.165, 1.54) is 37.4 Å². The molecule has 2 unspecified atom stereocenters. The molecule has 0 aliphatic heterocycles. The summed E-state index contributed by atoms with van der Waals surface area (Å²) in [5, 5.41) is 15.2. The summed E-state index contributed by atoms with van der Waals surface area (Å²) in [6.45, 7) is 3.27. The lowest BCUT2D eigenvalue weighted by molar-refractivity contribution is 0.287. The van der Waals surface area contributed by atoms with E-state index >= 15 is 0 Å². The van der Waals surface area contributed by atoms with Gasteiger partial charge in [0.2, 0.25) is 0 Å². The van der Waals surface area contributed by atoms with E-state index in [-0.39, 0.29) is 53.0 Å². The standard InChI is InChI=1S/C27H29F2N5O4S/c1-16(28)13-31-14-18-3-8-21(22(29)11-18)23-12-25(38-34-23)26-27(30)32-15-24(33-26)19-4-6-20(7-5-19)39(36,37)17(2)9-10-35/h3-8,11-12,15-17,31,35H,9-10,13-14H2,1-2H3,(H2,30,32). The molecule has 0 saturated heterocycles. The Morgan fingerprint density at radius 3 is 2.51 bits per heavy atom. The zero-order valence-electron chi connectivity index (χ0n) is 21.4. The number of nitrogens with one attached hydrogen (secondary N) is 1. The first-order valence-electron chi connectivity index (χ1n) is 12.3. The number of hydrogen-bond acceptors (Lipinski definition) is 9. The summed E-state index contributed by atoms with van der Waals surface area (Å²) in [7, 11) is -3.58. The molecule has 2 atom stereocenters. The molecule has 9 nitrogen and oxygen atoms in total. The van der Waals surface area contributed by atoms with Gasteiger partial charge in [0.15, 0.2) is 27.1 Å². The maximum atomic E-state index is 14.8. The number of hydrogen-bond donors (Lipinski definition) is 3. The van der Waals surface area contributed by atoms with Gasteiger partial charge in [0.05, 0.1) is 22.0 Å². The van der Waals surface area contributed by atoms with Crippen molar-refractivity contribution in [3.63, 3.8) is 0 Å². The summed E-state index contributed by atoms with van der Waals surface area (Å²) >= 11 is 0. The number of nitrogens with zero attached hydrogens (tertiary/aromatic N) is 3. The SMILES string of the molecule is CC(F)CNCc1ccc(-c2cc(-c3nc(-c4ccc(S(=O)(=O)C(C)CCO)cc4)cnc3N)on2)c(F)c1. The molecule has 0 aliphatic rings. The second-order valence-electron chi connectivity index (χ2n) is 9.18. The van der Waals surface area contributed by atoms with Crippen molar-refractivity contribution in [3.8, 4) is 34.0 Å². The van der Waals surface area contributed by atoms with Crippen LogP contribution in [0.15, 0.2) is 64.1 Å². The van der Waals surface area contributed by atoms with Gasteiger partial charge in [-0.25, -0.2) is 27.2 Å². The Hall–Kier alpha value is -3.74. The third kappa shape index (κ3) is 6.47. The number of aliphatic hydroxyl groups excluding tert-OH is 1. The van der Waals surface area contributed by atoms with Crippen LogP contribution in [-0.4, -0.2) is 53.2 Å². The van der Waals surface area contributed by atoms with Gasteiger partial charge in [-0.2, -0.15) is 0 Å². The highest BCUT2D eigenvalue weighted by atomic mass is 32.2. The quantitative estimate of drug-likeness (QED) is 0.247. The molecular weight excluding hydrogens is 528 g/mol. The van der Waals surface area contributed by atoms with Crippen molar-refractivity contribution >= 4 is 15.7 Å². The number of halogens is 2. The van der Waals surface area contributed by atoms with Crippen LogP contribution in [0.5, 0.6) is 0 Å². The van der Waals surface area contributed by atoms with Gasteiger partial charge in [0.25, 0.3) is 0 Å². The Morgan fingerprint density at radius 2 is 1.85 bits per heavy atom. The summed E-state index contributed by atoms with van der Waals surface area (Å²) < 4.78 is 58.5. The number of aliphatic hydroxyl groups is 1. The number of nitrogens with two attached hydrogens (primary N) is 1. The molecular formula is C27H29F2N5O4S. The first kappa shape index (κ1) is 28.3. The molecule has 0 spiro atoms. The van der Waals surface area contributed by atoms with E-state index in [1.54, 1.807) is 31.2 Å². The molecule has 4 aromatic rings. The molecule has 4 rings (SSSR count). The van der Waals surface area contributed by atoms with Crippen LogP contribution in [0.25, 0.3) is 34.0 Å². The highest BCUT2D eigenvalue weighted by molar-refractivity contribution is 7.92. The Bertz CT molecular complexity index is 1540. The summed E-state index contributed by atoms with van der Waals surface area (Å²) in [5.74, 6) is -0.267. The molecule has 0 aliphatic carbocycles. The predicted octanol–water partition coefficient (Wildman–Crippen LogP) is 4.18. The molecule has 206 valence electrons. The van der Waals surface area contributed by atoms with Crippen LogP contribution < -0.4 is 11.1 Å². The molecule has 12 heteroatoms. The van der Waals surface area contributed by atoms with Crippen molar-refractivity contribution in [1.82, 2.24) is 20.4 Å². The Balaban J connectivity index is 1.56. The van der Waals surface area contributed by atoms with Crippen molar-refractivity contribution in [3.05, 3.63) is 66.1 Å². The Kier molecular flexibility index (Phi) is 8.68. The zero-order chi connectivity index (χ0) is 28.2. The van der Waals surface area contributed by atoms with Gasteiger partial charge in [-0.15, -0.1) is 0 Å². The zero-order valence-corrected chi connectivity index (χ0v) is 22.3. The van der Waals surface area contributed by atoms with E-state index in [0.717, 1.165) is 0 Å². The third-order valence-corrected chi connectivity index (χ3v) is 8.38. The predicted molar refractivity (Wildman–Crippen MR) is 143 cm³/mol. The lowest BCUT2D eigenvalue weighted by atomic mass is 10.1. The van der Waals surface area contributed by atoms with Crippen LogP contribution in [0.3, 0.4) is 0 Å². The first-order valence-corrected chi connectivity index (χ1v) is 13.8. The van der Waals surface area contributed by atoms with Crippen molar-refractivity contribution in [2.24, 2.45) is 0 Å². The summed E-state index contributed by atoms with van der Waals surface area (Å²) in [5.41, 5.74) is 8.34. The molecule has 0 fully saturated rings. The number of benzene rings is 2. The lowest BCUT2D eigenvalue weighted by Gasteiger charge is -2.12. The Morgan fingerprint density at radius 1 is 1.10 bits per heavy atom. The van der Waals surface area contributed by atoms with E-state index in [9.17, 15) is 17.2 Å². The maximum absolute atomic E-state index is 14.8. The lowest BCUT2D eigenvalue weighted by Crippen LogP contribution is -2.21. The average Bonchev–Trinajstić information content (AvgIpc) is 3.39. The van der Waals surface area contributed by atoms with E-state index in [0.29, 0.717) is 23.4 Å². The van der Waals surface area contributed by atoms with Gasteiger partial charge >= 0.3 is 0 Å². The van der Waals surface area contributed by atoms with E-state index in [4.69, 9.17) is 15.4 Å².